The molecule has 2 heteroatoms. The molecule has 2 nitrogen and oxygen atoms in total. The lowest BCUT2D eigenvalue weighted by molar-refractivity contribution is 0.298. The van der Waals surface area contributed by atoms with E-state index in [1.54, 1.807) is 0 Å². The standard InChI is InChI=1S/C16H19NO/c17-13-15(14-7-3-1-4-8-14)11-12-18-16-9-5-2-6-10-16/h1-10,15H,11-13,17H2. The molecule has 0 saturated carbocycles. The molecule has 2 N–H and O–H groups in total. The molecule has 0 amide bonds. The van der Waals surface area contributed by atoms with Crippen molar-refractivity contribution in [2.45, 2.75) is 12.3 Å². The van der Waals surface area contributed by atoms with Crippen LogP contribution in [0.2, 0.25) is 0 Å². The van der Waals surface area contributed by atoms with Crippen LogP contribution in [0.5, 0.6) is 5.75 Å². The van der Waals surface area contributed by atoms with Gasteiger partial charge in [-0.1, -0.05) is 48.5 Å². The van der Waals surface area contributed by atoms with Crippen molar-refractivity contribution < 1.29 is 4.74 Å². The van der Waals surface area contributed by atoms with Gasteiger partial charge in [-0.25, -0.2) is 0 Å². The first-order valence-electron chi connectivity index (χ1n) is 6.33. The Bertz CT molecular complexity index is 441. The van der Waals surface area contributed by atoms with Crippen LogP contribution in [0.4, 0.5) is 0 Å². The van der Waals surface area contributed by atoms with E-state index in [1.165, 1.54) is 5.56 Å². The van der Waals surface area contributed by atoms with Crippen LogP contribution in [-0.2, 0) is 0 Å². The highest BCUT2D eigenvalue weighted by atomic mass is 16.5. The van der Waals surface area contributed by atoms with Gasteiger partial charge in [0.05, 0.1) is 6.61 Å². The maximum atomic E-state index is 5.83. The summed E-state index contributed by atoms with van der Waals surface area (Å²) in [7, 11) is 0. The van der Waals surface area contributed by atoms with Crippen molar-refractivity contribution in [3.05, 3.63) is 66.2 Å². The number of hydrogen-bond donors (Lipinski definition) is 1. The number of ether oxygens (including phenoxy) is 1. The van der Waals surface area contributed by atoms with Crippen molar-refractivity contribution in [3.63, 3.8) is 0 Å². The Balaban J connectivity index is 1.85. The van der Waals surface area contributed by atoms with E-state index in [0.717, 1.165) is 12.2 Å². The van der Waals surface area contributed by atoms with Gasteiger partial charge in [-0.3, -0.25) is 0 Å². The van der Waals surface area contributed by atoms with Crippen molar-refractivity contribution in [2.24, 2.45) is 5.73 Å². The molecule has 2 aromatic rings. The monoisotopic (exact) mass is 241 g/mol. The molecule has 1 unspecified atom stereocenters. The maximum absolute atomic E-state index is 5.83. The van der Waals surface area contributed by atoms with Gasteiger partial charge in [0.25, 0.3) is 0 Å². The Morgan fingerprint density at radius 1 is 0.889 bits per heavy atom. The molecule has 0 heterocycles. The Morgan fingerprint density at radius 3 is 2.11 bits per heavy atom. The second kappa shape index (κ2) is 6.82. The molecule has 2 aromatic carbocycles. The molecule has 0 radical (unpaired) electrons. The third-order valence-electron chi connectivity index (χ3n) is 3.03. The Labute approximate surface area is 108 Å². The molecular weight excluding hydrogens is 222 g/mol. The molecule has 0 fully saturated rings. The number of hydrogen-bond acceptors (Lipinski definition) is 2. The molecule has 0 aromatic heterocycles. The molecule has 2 rings (SSSR count). The largest absolute Gasteiger partial charge is 0.494 e. The van der Waals surface area contributed by atoms with Gasteiger partial charge in [-0.2, -0.15) is 0 Å². The summed E-state index contributed by atoms with van der Waals surface area (Å²) in [5.74, 6) is 1.29. The van der Waals surface area contributed by atoms with E-state index in [0.29, 0.717) is 19.1 Å². The molecule has 0 spiro atoms. The summed E-state index contributed by atoms with van der Waals surface area (Å²) >= 11 is 0. The van der Waals surface area contributed by atoms with Crippen LogP contribution in [0, 0.1) is 0 Å². The molecule has 0 aliphatic heterocycles. The van der Waals surface area contributed by atoms with E-state index >= 15 is 0 Å². The summed E-state index contributed by atoms with van der Waals surface area (Å²) in [6, 6.07) is 20.3. The minimum absolute atomic E-state index is 0.370. The second-order valence-electron chi connectivity index (χ2n) is 4.29. The van der Waals surface area contributed by atoms with Crippen LogP contribution in [0.3, 0.4) is 0 Å². The van der Waals surface area contributed by atoms with Gasteiger partial charge in [-0.15, -0.1) is 0 Å². The van der Waals surface area contributed by atoms with E-state index in [1.807, 2.05) is 36.4 Å². The fourth-order valence-corrected chi connectivity index (χ4v) is 1.98. The van der Waals surface area contributed by atoms with Gasteiger partial charge >= 0.3 is 0 Å². The van der Waals surface area contributed by atoms with Crippen LogP contribution in [0.25, 0.3) is 0 Å². The lowest BCUT2D eigenvalue weighted by Gasteiger charge is -2.15. The highest BCUT2D eigenvalue weighted by Crippen LogP contribution is 2.18. The first-order chi connectivity index (χ1) is 8.90. The van der Waals surface area contributed by atoms with Gasteiger partial charge in [0.15, 0.2) is 0 Å². The Kier molecular flexibility index (Phi) is 4.79. The zero-order chi connectivity index (χ0) is 12.6. The molecular formula is C16H19NO. The Morgan fingerprint density at radius 2 is 1.50 bits per heavy atom. The van der Waals surface area contributed by atoms with Crippen molar-refractivity contribution in [1.29, 1.82) is 0 Å². The minimum atomic E-state index is 0.370. The van der Waals surface area contributed by atoms with Gasteiger partial charge in [0.2, 0.25) is 0 Å². The van der Waals surface area contributed by atoms with Gasteiger partial charge in [0, 0.05) is 0 Å². The van der Waals surface area contributed by atoms with E-state index in [-0.39, 0.29) is 0 Å². The quantitative estimate of drug-likeness (QED) is 0.843. The normalized spacial score (nSPS) is 12.1. The first-order valence-corrected chi connectivity index (χ1v) is 6.33. The van der Waals surface area contributed by atoms with E-state index < -0.39 is 0 Å². The van der Waals surface area contributed by atoms with Crippen LogP contribution in [-0.4, -0.2) is 13.2 Å². The zero-order valence-electron chi connectivity index (χ0n) is 10.5. The van der Waals surface area contributed by atoms with E-state index in [2.05, 4.69) is 24.3 Å². The average Bonchev–Trinajstić information content (AvgIpc) is 2.46. The summed E-state index contributed by atoms with van der Waals surface area (Å²) in [6.45, 7) is 1.35. The zero-order valence-corrected chi connectivity index (χ0v) is 10.5. The minimum Gasteiger partial charge on any atom is -0.494 e. The summed E-state index contributed by atoms with van der Waals surface area (Å²) in [6.07, 6.45) is 0.940. The molecule has 0 bridgehead atoms. The smallest absolute Gasteiger partial charge is 0.119 e. The summed E-state index contributed by atoms with van der Waals surface area (Å²) in [5, 5.41) is 0. The van der Waals surface area contributed by atoms with Crippen molar-refractivity contribution in [2.75, 3.05) is 13.2 Å². The van der Waals surface area contributed by atoms with Crippen molar-refractivity contribution in [1.82, 2.24) is 0 Å². The lowest BCUT2D eigenvalue weighted by atomic mass is 9.96. The second-order valence-corrected chi connectivity index (χ2v) is 4.29. The van der Waals surface area contributed by atoms with Gasteiger partial charge in [-0.05, 0) is 36.6 Å². The summed E-state index contributed by atoms with van der Waals surface area (Å²) in [4.78, 5) is 0. The van der Waals surface area contributed by atoms with Crippen LogP contribution in [0.1, 0.15) is 17.9 Å². The van der Waals surface area contributed by atoms with Gasteiger partial charge in [0.1, 0.15) is 5.75 Å². The van der Waals surface area contributed by atoms with Gasteiger partial charge < -0.3 is 10.5 Å². The maximum Gasteiger partial charge on any atom is 0.119 e. The number of nitrogens with two attached hydrogens (primary N) is 1. The van der Waals surface area contributed by atoms with E-state index in [9.17, 15) is 0 Å². The third-order valence-corrected chi connectivity index (χ3v) is 3.03. The number of rotatable bonds is 6. The third kappa shape index (κ3) is 3.60. The summed E-state index contributed by atoms with van der Waals surface area (Å²) < 4.78 is 5.70. The molecule has 94 valence electrons. The van der Waals surface area contributed by atoms with Crippen molar-refractivity contribution in [3.8, 4) is 5.75 Å². The molecule has 1 atom stereocenters. The molecule has 0 aliphatic rings. The highest BCUT2D eigenvalue weighted by Gasteiger charge is 2.09. The molecule has 18 heavy (non-hydrogen) atoms. The van der Waals surface area contributed by atoms with Crippen LogP contribution < -0.4 is 10.5 Å². The Hall–Kier alpha value is -1.80. The first kappa shape index (κ1) is 12.7. The average molecular weight is 241 g/mol. The van der Waals surface area contributed by atoms with Crippen molar-refractivity contribution >= 4 is 0 Å². The van der Waals surface area contributed by atoms with E-state index in [4.69, 9.17) is 10.5 Å². The molecule has 0 aliphatic carbocycles. The number of para-hydroxylation sites is 1. The SMILES string of the molecule is NCC(CCOc1ccccc1)c1ccccc1. The fourth-order valence-electron chi connectivity index (χ4n) is 1.98. The highest BCUT2D eigenvalue weighted by molar-refractivity contribution is 5.22. The fraction of sp³-hybridized carbons (Fsp3) is 0.250. The van der Waals surface area contributed by atoms with Crippen LogP contribution in [0.15, 0.2) is 60.7 Å². The predicted molar refractivity (Wildman–Crippen MR) is 74.8 cm³/mol. The topological polar surface area (TPSA) is 35.2 Å². The summed E-state index contributed by atoms with van der Waals surface area (Å²) in [5.41, 5.74) is 7.12. The predicted octanol–water partition coefficient (Wildman–Crippen LogP) is 3.20. The van der Waals surface area contributed by atoms with Crippen LogP contribution >= 0.6 is 0 Å². The lowest BCUT2D eigenvalue weighted by Crippen LogP contribution is -2.15. The molecule has 0 saturated heterocycles. The number of benzene rings is 2.